The van der Waals surface area contributed by atoms with Gasteiger partial charge < -0.3 is 9.88 Å². The summed E-state index contributed by atoms with van der Waals surface area (Å²) in [4.78, 5) is 12.3. The predicted octanol–water partition coefficient (Wildman–Crippen LogP) is 2.80. The van der Waals surface area contributed by atoms with Crippen molar-refractivity contribution in [2.75, 3.05) is 0 Å². The minimum atomic E-state index is 0.233. The van der Waals surface area contributed by atoms with Gasteiger partial charge in [0.05, 0.1) is 0 Å². The first-order chi connectivity index (χ1) is 10.6. The molecular weight excluding hydrogens is 276 g/mol. The highest BCUT2D eigenvalue weighted by atomic mass is 16.1. The smallest absolute Gasteiger partial charge is 0.220 e. The standard InChI is InChI=1S/C17H28N4O/c1-12(2)17-20-19-15-9-8-14(11-21(15)17)18-16(22)10-13-6-4-3-5-7-13/h12-14H,3-11H2,1-2H3,(H,18,22). The van der Waals surface area contributed by atoms with Crippen molar-refractivity contribution in [3.05, 3.63) is 11.6 Å². The summed E-state index contributed by atoms with van der Waals surface area (Å²) in [6.07, 6.45) is 8.99. The molecule has 0 bridgehead atoms. The number of aryl methyl sites for hydroxylation is 1. The maximum Gasteiger partial charge on any atom is 0.220 e. The van der Waals surface area contributed by atoms with E-state index < -0.39 is 0 Å². The quantitative estimate of drug-likeness (QED) is 0.930. The number of amides is 1. The van der Waals surface area contributed by atoms with Gasteiger partial charge in [0.25, 0.3) is 0 Å². The highest BCUT2D eigenvalue weighted by Crippen LogP contribution is 2.26. The Morgan fingerprint density at radius 2 is 2.00 bits per heavy atom. The number of aromatic nitrogens is 3. The molecule has 2 aliphatic rings. The summed E-state index contributed by atoms with van der Waals surface area (Å²) in [5.41, 5.74) is 0. The van der Waals surface area contributed by atoms with Crippen LogP contribution >= 0.6 is 0 Å². The average Bonchev–Trinajstić information content (AvgIpc) is 2.91. The van der Waals surface area contributed by atoms with Crippen LogP contribution in [0.2, 0.25) is 0 Å². The average molecular weight is 304 g/mol. The Labute approximate surface area is 132 Å². The zero-order valence-electron chi connectivity index (χ0n) is 13.8. The Hall–Kier alpha value is -1.39. The SMILES string of the molecule is CC(C)c1nnc2n1CC(NC(=O)CC1CCCCC1)CC2. The number of nitrogens with one attached hydrogen (secondary N) is 1. The van der Waals surface area contributed by atoms with E-state index in [2.05, 4.69) is 33.9 Å². The number of hydrogen-bond acceptors (Lipinski definition) is 3. The number of fused-ring (bicyclic) bond motifs is 1. The molecule has 0 spiro atoms. The van der Waals surface area contributed by atoms with Crippen molar-refractivity contribution in [2.24, 2.45) is 5.92 Å². The fourth-order valence-electron chi connectivity index (χ4n) is 3.83. The Bertz CT molecular complexity index is 517. The van der Waals surface area contributed by atoms with Crippen molar-refractivity contribution in [3.63, 3.8) is 0 Å². The fraction of sp³-hybridized carbons (Fsp3) is 0.824. The van der Waals surface area contributed by atoms with Crippen LogP contribution in [0.15, 0.2) is 0 Å². The first-order valence-electron chi connectivity index (χ1n) is 8.85. The van der Waals surface area contributed by atoms with E-state index in [1.807, 2.05) is 0 Å². The Morgan fingerprint density at radius 3 is 2.73 bits per heavy atom. The van der Waals surface area contributed by atoms with Gasteiger partial charge in [-0.1, -0.05) is 33.1 Å². The maximum atomic E-state index is 12.3. The van der Waals surface area contributed by atoms with Gasteiger partial charge in [-0.3, -0.25) is 4.79 Å². The summed E-state index contributed by atoms with van der Waals surface area (Å²) in [5.74, 6) is 3.33. The van der Waals surface area contributed by atoms with Crippen LogP contribution in [0.3, 0.4) is 0 Å². The zero-order chi connectivity index (χ0) is 15.5. The molecule has 1 fully saturated rings. The van der Waals surface area contributed by atoms with Crippen molar-refractivity contribution in [1.82, 2.24) is 20.1 Å². The highest BCUT2D eigenvalue weighted by molar-refractivity contribution is 5.76. The third-order valence-corrected chi connectivity index (χ3v) is 5.06. The van der Waals surface area contributed by atoms with E-state index in [1.54, 1.807) is 0 Å². The summed E-state index contributed by atoms with van der Waals surface area (Å²) >= 11 is 0. The van der Waals surface area contributed by atoms with Gasteiger partial charge in [-0.2, -0.15) is 0 Å². The van der Waals surface area contributed by atoms with Crippen LogP contribution in [0, 0.1) is 5.92 Å². The molecule has 1 aliphatic heterocycles. The second kappa shape index (κ2) is 6.80. The molecule has 1 atom stereocenters. The second-order valence-corrected chi connectivity index (χ2v) is 7.25. The van der Waals surface area contributed by atoms with Crippen LogP contribution in [0.4, 0.5) is 0 Å². The predicted molar refractivity (Wildman–Crippen MR) is 85.6 cm³/mol. The van der Waals surface area contributed by atoms with Gasteiger partial charge in [-0.25, -0.2) is 0 Å². The topological polar surface area (TPSA) is 59.8 Å². The number of hydrogen-bond donors (Lipinski definition) is 1. The number of rotatable bonds is 4. The van der Waals surface area contributed by atoms with Crippen LogP contribution in [0.25, 0.3) is 0 Å². The third kappa shape index (κ3) is 3.50. The largest absolute Gasteiger partial charge is 0.352 e. The van der Waals surface area contributed by atoms with Crippen molar-refractivity contribution >= 4 is 5.91 Å². The lowest BCUT2D eigenvalue weighted by atomic mass is 9.87. The van der Waals surface area contributed by atoms with Gasteiger partial charge in [-0.05, 0) is 25.2 Å². The Kier molecular flexibility index (Phi) is 4.79. The molecule has 3 rings (SSSR count). The maximum absolute atomic E-state index is 12.3. The number of carbonyl (C=O) groups is 1. The van der Waals surface area contributed by atoms with Crippen LogP contribution in [-0.2, 0) is 17.8 Å². The Morgan fingerprint density at radius 1 is 1.23 bits per heavy atom. The van der Waals surface area contributed by atoms with Crippen molar-refractivity contribution in [1.29, 1.82) is 0 Å². The Balaban J connectivity index is 1.55. The van der Waals surface area contributed by atoms with Gasteiger partial charge in [0.15, 0.2) is 0 Å². The summed E-state index contributed by atoms with van der Waals surface area (Å²) in [6, 6.07) is 0.233. The summed E-state index contributed by atoms with van der Waals surface area (Å²) in [7, 11) is 0. The van der Waals surface area contributed by atoms with Crippen molar-refractivity contribution < 1.29 is 4.79 Å². The lowest BCUT2D eigenvalue weighted by Gasteiger charge is -2.27. The van der Waals surface area contributed by atoms with Gasteiger partial charge in [0.1, 0.15) is 11.6 Å². The fourth-order valence-corrected chi connectivity index (χ4v) is 3.83. The molecule has 122 valence electrons. The van der Waals surface area contributed by atoms with E-state index in [4.69, 9.17) is 0 Å². The molecular formula is C17H28N4O. The van der Waals surface area contributed by atoms with Gasteiger partial charge in [0, 0.05) is 31.3 Å². The molecule has 0 radical (unpaired) electrons. The van der Waals surface area contributed by atoms with E-state index in [-0.39, 0.29) is 11.9 Å². The van der Waals surface area contributed by atoms with Crippen molar-refractivity contribution in [2.45, 2.75) is 83.7 Å². The second-order valence-electron chi connectivity index (χ2n) is 7.25. The minimum Gasteiger partial charge on any atom is -0.352 e. The van der Waals surface area contributed by atoms with E-state index in [9.17, 15) is 4.79 Å². The summed E-state index contributed by atoms with van der Waals surface area (Å²) in [5, 5.41) is 11.8. The van der Waals surface area contributed by atoms with Gasteiger partial charge >= 0.3 is 0 Å². The van der Waals surface area contributed by atoms with E-state index in [0.717, 1.165) is 31.0 Å². The van der Waals surface area contributed by atoms with E-state index in [0.29, 0.717) is 18.3 Å². The monoisotopic (exact) mass is 304 g/mol. The molecule has 5 nitrogen and oxygen atoms in total. The normalized spacial score (nSPS) is 22.6. The lowest BCUT2D eigenvalue weighted by Crippen LogP contribution is -2.42. The molecule has 1 unspecified atom stereocenters. The third-order valence-electron chi connectivity index (χ3n) is 5.06. The first-order valence-corrected chi connectivity index (χ1v) is 8.85. The van der Waals surface area contributed by atoms with E-state index >= 15 is 0 Å². The van der Waals surface area contributed by atoms with Crippen LogP contribution < -0.4 is 5.32 Å². The molecule has 1 N–H and O–H groups in total. The highest BCUT2D eigenvalue weighted by Gasteiger charge is 2.26. The minimum absolute atomic E-state index is 0.233. The van der Waals surface area contributed by atoms with Crippen LogP contribution in [0.1, 0.15) is 76.4 Å². The molecule has 0 aromatic carbocycles. The molecule has 0 saturated heterocycles. The number of carbonyl (C=O) groups excluding carboxylic acids is 1. The lowest BCUT2D eigenvalue weighted by molar-refractivity contribution is -0.123. The van der Waals surface area contributed by atoms with Crippen molar-refractivity contribution in [3.8, 4) is 0 Å². The summed E-state index contributed by atoms with van der Waals surface area (Å²) < 4.78 is 2.21. The summed E-state index contributed by atoms with van der Waals surface area (Å²) in [6.45, 7) is 5.11. The van der Waals surface area contributed by atoms with Gasteiger partial charge in [0.2, 0.25) is 5.91 Å². The number of nitrogens with zero attached hydrogens (tertiary/aromatic N) is 3. The van der Waals surface area contributed by atoms with Crippen LogP contribution in [-0.4, -0.2) is 26.7 Å². The molecule has 1 aliphatic carbocycles. The molecule has 1 saturated carbocycles. The molecule has 5 heteroatoms. The van der Waals surface area contributed by atoms with Crippen LogP contribution in [0.5, 0.6) is 0 Å². The molecule has 22 heavy (non-hydrogen) atoms. The zero-order valence-corrected chi connectivity index (χ0v) is 13.8. The van der Waals surface area contributed by atoms with Gasteiger partial charge in [-0.15, -0.1) is 10.2 Å². The molecule has 1 aromatic heterocycles. The molecule has 1 aromatic rings. The molecule has 1 amide bonds. The van der Waals surface area contributed by atoms with E-state index in [1.165, 1.54) is 32.1 Å². The molecule has 2 heterocycles. The first kappa shape index (κ1) is 15.5.